The van der Waals surface area contributed by atoms with Gasteiger partial charge in [0, 0.05) is 6.54 Å². The standard InChI is InChI=1S/C14H22N2O2S/c1-15-10-8-13-4-6-14(7-5-13)19(17,18)16-11-9-12-2-3-12/h4-7,12,15-16H,2-3,8-11H2,1H3. The highest BCUT2D eigenvalue weighted by Crippen LogP contribution is 2.31. The molecule has 106 valence electrons. The van der Waals surface area contributed by atoms with E-state index in [4.69, 9.17) is 0 Å². The SMILES string of the molecule is CNCCc1ccc(S(=O)(=O)NCCC2CC2)cc1. The first-order valence-electron chi connectivity index (χ1n) is 6.85. The second-order valence-corrected chi connectivity index (χ2v) is 6.89. The molecule has 0 heterocycles. The third kappa shape index (κ3) is 4.60. The van der Waals surface area contributed by atoms with Crippen LogP contribution in [0.15, 0.2) is 29.2 Å². The van der Waals surface area contributed by atoms with Crippen molar-refractivity contribution in [1.29, 1.82) is 0 Å². The van der Waals surface area contributed by atoms with Crippen LogP contribution in [0.2, 0.25) is 0 Å². The van der Waals surface area contributed by atoms with Crippen molar-refractivity contribution in [2.24, 2.45) is 5.92 Å². The van der Waals surface area contributed by atoms with E-state index >= 15 is 0 Å². The van der Waals surface area contributed by atoms with E-state index in [0.717, 1.165) is 30.9 Å². The van der Waals surface area contributed by atoms with Crippen LogP contribution >= 0.6 is 0 Å². The summed E-state index contributed by atoms with van der Waals surface area (Å²) in [4.78, 5) is 0.358. The predicted molar refractivity (Wildman–Crippen MR) is 76.6 cm³/mol. The molecule has 0 amide bonds. The van der Waals surface area contributed by atoms with Gasteiger partial charge in [-0.3, -0.25) is 0 Å². The Hall–Kier alpha value is -0.910. The van der Waals surface area contributed by atoms with Gasteiger partial charge in [-0.1, -0.05) is 25.0 Å². The van der Waals surface area contributed by atoms with Crippen molar-refractivity contribution < 1.29 is 8.42 Å². The van der Waals surface area contributed by atoms with Gasteiger partial charge in [-0.2, -0.15) is 0 Å². The number of hydrogen-bond donors (Lipinski definition) is 2. The number of nitrogens with one attached hydrogen (secondary N) is 2. The zero-order chi connectivity index (χ0) is 13.7. The molecule has 1 aromatic carbocycles. The molecule has 0 unspecified atom stereocenters. The van der Waals surface area contributed by atoms with Gasteiger partial charge in [0.05, 0.1) is 4.90 Å². The monoisotopic (exact) mass is 282 g/mol. The molecule has 1 fully saturated rings. The highest BCUT2D eigenvalue weighted by atomic mass is 32.2. The molecule has 4 nitrogen and oxygen atoms in total. The first kappa shape index (κ1) is 14.5. The minimum absolute atomic E-state index is 0.358. The van der Waals surface area contributed by atoms with Crippen molar-refractivity contribution in [3.05, 3.63) is 29.8 Å². The van der Waals surface area contributed by atoms with Gasteiger partial charge in [-0.25, -0.2) is 13.1 Å². The van der Waals surface area contributed by atoms with E-state index in [9.17, 15) is 8.42 Å². The number of rotatable bonds is 8. The van der Waals surface area contributed by atoms with Crippen LogP contribution in [0.4, 0.5) is 0 Å². The van der Waals surface area contributed by atoms with Crippen LogP contribution in [-0.4, -0.2) is 28.6 Å². The molecule has 1 aliphatic rings. The fourth-order valence-corrected chi connectivity index (χ4v) is 3.04. The minimum atomic E-state index is -3.33. The van der Waals surface area contributed by atoms with Gasteiger partial charge >= 0.3 is 0 Å². The van der Waals surface area contributed by atoms with Crippen molar-refractivity contribution in [3.63, 3.8) is 0 Å². The van der Waals surface area contributed by atoms with Crippen molar-refractivity contribution >= 4 is 10.0 Å². The molecule has 0 bridgehead atoms. The van der Waals surface area contributed by atoms with Crippen molar-refractivity contribution in [2.45, 2.75) is 30.6 Å². The van der Waals surface area contributed by atoms with Gasteiger partial charge in [0.15, 0.2) is 0 Å². The van der Waals surface area contributed by atoms with Gasteiger partial charge in [0.1, 0.15) is 0 Å². The second kappa shape index (κ2) is 6.50. The maximum Gasteiger partial charge on any atom is 0.240 e. The summed E-state index contributed by atoms with van der Waals surface area (Å²) in [5, 5.41) is 3.07. The van der Waals surface area contributed by atoms with E-state index < -0.39 is 10.0 Å². The second-order valence-electron chi connectivity index (χ2n) is 5.13. The summed E-state index contributed by atoms with van der Waals surface area (Å²) >= 11 is 0. The number of benzene rings is 1. The topological polar surface area (TPSA) is 58.2 Å². The van der Waals surface area contributed by atoms with Gasteiger partial charge in [0.25, 0.3) is 0 Å². The molecule has 0 radical (unpaired) electrons. The molecule has 1 saturated carbocycles. The Morgan fingerprint density at radius 3 is 2.42 bits per heavy atom. The highest BCUT2D eigenvalue weighted by Gasteiger charge is 2.22. The van der Waals surface area contributed by atoms with Crippen molar-refractivity contribution in [3.8, 4) is 0 Å². The molecule has 0 aromatic heterocycles. The zero-order valence-corrected chi connectivity index (χ0v) is 12.2. The Bertz CT molecular complexity index is 493. The Balaban J connectivity index is 1.90. The Morgan fingerprint density at radius 1 is 1.16 bits per heavy atom. The van der Waals surface area contributed by atoms with Gasteiger partial charge < -0.3 is 5.32 Å². The summed E-state index contributed by atoms with van der Waals surface area (Å²) in [6.45, 7) is 1.44. The molecule has 2 rings (SSSR count). The molecule has 0 aliphatic heterocycles. The summed E-state index contributed by atoms with van der Waals surface area (Å²) in [5.41, 5.74) is 1.14. The lowest BCUT2D eigenvalue weighted by Gasteiger charge is -2.07. The van der Waals surface area contributed by atoms with Crippen LogP contribution in [0.5, 0.6) is 0 Å². The summed E-state index contributed by atoms with van der Waals surface area (Å²) in [7, 11) is -1.43. The van der Waals surface area contributed by atoms with Crippen molar-refractivity contribution in [1.82, 2.24) is 10.0 Å². The van der Waals surface area contributed by atoms with Crippen LogP contribution in [0, 0.1) is 5.92 Å². The normalized spacial score (nSPS) is 15.6. The first-order chi connectivity index (χ1) is 9.12. The first-order valence-corrected chi connectivity index (χ1v) is 8.33. The molecule has 19 heavy (non-hydrogen) atoms. The van der Waals surface area contributed by atoms with Gasteiger partial charge in [-0.05, 0) is 50.0 Å². The maximum absolute atomic E-state index is 12.0. The van der Waals surface area contributed by atoms with Crippen LogP contribution in [0.1, 0.15) is 24.8 Å². The summed E-state index contributed by atoms with van der Waals surface area (Å²) in [6, 6.07) is 7.13. The molecule has 1 aliphatic carbocycles. The van der Waals surface area contributed by atoms with Crippen molar-refractivity contribution in [2.75, 3.05) is 20.1 Å². The van der Waals surface area contributed by atoms with Gasteiger partial charge in [-0.15, -0.1) is 0 Å². The Kier molecular flexibility index (Phi) is 4.96. The molecular weight excluding hydrogens is 260 g/mol. The number of likely N-dealkylation sites (N-methyl/N-ethyl adjacent to an activating group) is 1. The van der Waals surface area contributed by atoms with E-state index in [1.165, 1.54) is 12.8 Å². The molecule has 0 atom stereocenters. The molecule has 2 N–H and O–H groups in total. The number of hydrogen-bond acceptors (Lipinski definition) is 3. The summed E-state index contributed by atoms with van der Waals surface area (Å²) < 4.78 is 26.7. The highest BCUT2D eigenvalue weighted by molar-refractivity contribution is 7.89. The zero-order valence-electron chi connectivity index (χ0n) is 11.4. The maximum atomic E-state index is 12.0. The van der Waals surface area contributed by atoms with Gasteiger partial charge in [0.2, 0.25) is 10.0 Å². The Labute approximate surface area is 115 Å². The van der Waals surface area contributed by atoms with Crippen LogP contribution < -0.4 is 10.0 Å². The average molecular weight is 282 g/mol. The van der Waals surface area contributed by atoms with E-state index in [0.29, 0.717) is 11.4 Å². The third-order valence-corrected chi connectivity index (χ3v) is 4.92. The fraction of sp³-hybridized carbons (Fsp3) is 0.571. The third-order valence-electron chi connectivity index (χ3n) is 3.44. The lowest BCUT2D eigenvalue weighted by molar-refractivity contribution is 0.575. The van der Waals surface area contributed by atoms with E-state index in [2.05, 4.69) is 10.0 Å². The molecule has 0 spiro atoms. The molecular formula is C14H22N2O2S. The average Bonchev–Trinajstić information content (AvgIpc) is 3.21. The molecule has 0 saturated heterocycles. The van der Waals surface area contributed by atoms with E-state index in [1.807, 2.05) is 19.2 Å². The summed E-state index contributed by atoms with van der Waals surface area (Å²) in [5.74, 6) is 0.742. The lowest BCUT2D eigenvalue weighted by Crippen LogP contribution is -2.25. The largest absolute Gasteiger partial charge is 0.319 e. The lowest BCUT2D eigenvalue weighted by atomic mass is 10.1. The van der Waals surface area contributed by atoms with Crippen LogP contribution in [-0.2, 0) is 16.4 Å². The van der Waals surface area contributed by atoms with Crippen LogP contribution in [0.25, 0.3) is 0 Å². The fourth-order valence-electron chi connectivity index (χ4n) is 1.99. The molecule has 5 heteroatoms. The molecule has 1 aromatic rings. The Morgan fingerprint density at radius 2 is 1.84 bits per heavy atom. The summed E-state index contributed by atoms with van der Waals surface area (Å²) in [6.07, 6.45) is 4.37. The number of sulfonamides is 1. The quantitative estimate of drug-likeness (QED) is 0.760. The predicted octanol–water partition coefficient (Wildman–Crippen LogP) is 1.53. The van der Waals surface area contributed by atoms with E-state index in [1.54, 1.807) is 12.1 Å². The smallest absolute Gasteiger partial charge is 0.240 e. The van der Waals surface area contributed by atoms with Crippen LogP contribution in [0.3, 0.4) is 0 Å². The minimum Gasteiger partial charge on any atom is -0.319 e. The van der Waals surface area contributed by atoms with E-state index in [-0.39, 0.29) is 0 Å².